The van der Waals surface area contributed by atoms with E-state index in [4.69, 9.17) is 4.52 Å². The van der Waals surface area contributed by atoms with Crippen molar-refractivity contribution >= 4 is 33.8 Å². The van der Waals surface area contributed by atoms with Gasteiger partial charge in [-0.2, -0.15) is 4.31 Å². The lowest BCUT2D eigenvalue weighted by molar-refractivity contribution is -0.120. The minimum absolute atomic E-state index is 0.00535. The number of aryl methyl sites for hydroxylation is 3. The van der Waals surface area contributed by atoms with Crippen LogP contribution in [0.4, 0.5) is 10.1 Å². The highest BCUT2D eigenvalue weighted by molar-refractivity contribution is 7.89. The number of para-hydroxylation sites is 1. The molecule has 1 aliphatic heterocycles. The molecule has 0 aliphatic carbocycles. The number of piperidine rings is 1. The van der Waals surface area contributed by atoms with Crippen LogP contribution in [0.15, 0.2) is 51.9 Å². The molecular weight excluding hydrogens is 469 g/mol. The predicted octanol–water partition coefficient (Wildman–Crippen LogP) is 4.95. The third kappa shape index (κ3) is 5.36. The molecule has 35 heavy (non-hydrogen) atoms. The fraction of sp³-hybridized carbons (Fsp3) is 0.308. The molecule has 0 spiro atoms. The van der Waals surface area contributed by atoms with E-state index in [-0.39, 0.29) is 35.1 Å². The highest BCUT2D eigenvalue weighted by Gasteiger charge is 2.37. The Bertz CT molecular complexity index is 1380. The van der Waals surface area contributed by atoms with E-state index in [1.54, 1.807) is 19.1 Å². The zero-order valence-electron chi connectivity index (χ0n) is 19.9. The van der Waals surface area contributed by atoms with Crippen molar-refractivity contribution in [1.29, 1.82) is 0 Å². The summed E-state index contributed by atoms with van der Waals surface area (Å²) in [6.07, 6.45) is 4.43. The molecule has 1 aliphatic rings. The lowest BCUT2D eigenvalue weighted by Crippen LogP contribution is -2.44. The Labute approximate surface area is 204 Å². The highest BCUT2D eigenvalue weighted by atomic mass is 32.2. The number of carbonyl (C=O) groups excluding carboxylic acids is 1. The average molecular weight is 498 g/mol. The zero-order chi connectivity index (χ0) is 25.2. The van der Waals surface area contributed by atoms with Crippen molar-refractivity contribution < 1.29 is 22.1 Å². The van der Waals surface area contributed by atoms with Gasteiger partial charge in [0.1, 0.15) is 11.5 Å². The second-order valence-electron chi connectivity index (χ2n) is 8.83. The van der Waals surface area contributed by atoms with Crippen molar-refractivity contribution in [2.45, 2.75) is 38.5 Å². The highest BCUT2D eigenvalue weighted by Crippen LogP contribution is 2.30. The molecule has 1 saturated heterocycles. The second-order valence-corrected chi connectivity index (χ2v) is 10.7. The molecule has 0 saturated carbocycles. The quantitative estimate of drug-likeness (QED) is 0.520. The van der Waals surface area contributed by atoms with Gasteiger partial charge in [-0.05, 0) is 62.9 Å². The van der Waals surface area contributed by atoms with E-state index in [0.29, 0.717) is 12.8 Å². The molecule has 7 nitrogen and oxygen atoms in total. The molecule has 1 atom stereocenters. The van der Waals surface area contributed by atoms with Crippen LogP contribution < -0.4 is 5.32 Å². The second kappa shape index (κ2) is 10.1. The lowest BCUT2D eigenvalue weighted by Gasteiger charge is -2.31. The predicted molar refractivity (Wildman–Crippen MR) is 133 cm³/mol. The van der Waals surface area contributed by atoms with E-state index in [0.717, 1.165) is 16.7 Å². The average Bonchev–Trinajstić information content (AvgIpc) is 3.22. The van der Waals surface area contributed by atoms with Crippen LogP contribution in [0.5, 0.6) is 0 Å². The van der Waals surface area contributed by atoms with Gasteiger partial charge in [0.05, 0.1) is 11.6 Å². The Morgan fingerprint density at radius 3 is 2.71 bits per heavy atom. The summed E-state index contributed by atoms with van der Waals surface area (Å²) >= 11 is 0. The molecule has 2 heterocycles. The maximum atomic E-state index is 14.0. The van der Waals surface area contributed by atoms with Gasteiger partial charge in [0.15, 0.2) is 10.7 Å². The number of nitrogens with zero attached hydrogens (tertiary/aromatic N) is 2. The van der Waals surface area contributed by atoms with E-state index < -0.39 is 27.7 Å². The summed E-state index contributed by atoms with van der Waals surface area (Å²) in [7, 11) is -3.98. The molecule has 9 heteroatoms. The number of aromatic nitrogens is 1. The third-order valence-corrected chi connectivity index (χ3v) is 8.19. The molecule has 0 radical (unpaired) electrons. The Kier molecular flexibility index (Phi) is 7.18. The number of amides is 1. The summed E-state index contributed by atoms with van der Waals surface area (Å²) in [6, 6.07) is 11.9. The first-order chi connectivity index (χ1) is 16.7. The lowest BCUT2D eigenvalue weighted by atomic mass is 9.98. The molecule has 184 valence electrons. The van der Waals surface area contributed by atoms with Gasteiger partial charge in [0.2, 0.25) is 15.9 Å². The topological polar surface area (TPSA) is 92.5 Å². The maximum Gasteiger partial charge on any atom is 0.248 e. The van der Waals surface area contributed by atoms with Crippen LogP contribution in [0, 0.1) is 32.5 Å². The molecule has 2 aromatic carbocycles. The summed E-state index contributed by atoms with van der Waals surface area (Å²) in [5.41, 5.74) is 3.41. The maximum absolute atomic E-state index is 14.0. The Balaban J connectivity index is 1.56. The van der Waals surface area contributed by atoms with E-state index >= 15 is 0 Å². The SMILES string of the molecule is Cc1ccc(C)c(/C=C/c2onc(C)c2S(=O)(=O)N2CCC[C@H](C(=O)Nc3ccccc3F)C2)c1. The molecule has 1 N–H and O–H groups in total. The van der Waals surface area contributed by atoms with Crippen LogP contribution in [0.2, 0.25) is 0 Å². The number of hydrogen-bond donors (Lipinski definition) is 1. The third-order valence-electron chi connectivity index (χ3n) is 6.17. The first-order valence-corrected chi connectivity index (χ1v) is 12.9. The van der Waals surface area contributed by atoms with Crippen LogP contribution in [-0.4, -0.2) is 36.9 Å². The number of hydrogen-bond acceptors (Lipinski definition) is 5. The fourth-order valence-electron chi connectivity index (χ4n) is 4.20. The van der Waals surface area contributed by atoms with Crippen molar-refractivity contribution in [2.75, 3.05) is 18.4 Å². The van der Waals surface area contributed by atoms with Crippen LogP contribution >= 0.6 is 0 Å². The first kappa shape index (κ1) is 24.8. The number of nitrogens with one attached hydrogen (secondary N) is 1. The summed E-state index contributed by atoms with van der Waals surface area (Å²) < 4.78 is 47.8. The van der Waals surface area contributed by atoms with Crippen molar-refractivity contribution in [3.05, 3.63) is 76.4 Å². The summed E-state index contributed by atoms with van der Waals surface area (Å²) in [6.45, 7) is 5.81. The molecular formula is C26H28FN3O4S. The molecule has 3 aromatic rings. The van der Waals surface area contributed by atoms with Gasteiger partial charge in [-0.1, -0.05) is 47.1 Å². The molecule has 1 amide bonds. The first-order valence-electron chi connectivity index (χ1n) is 11.4. The van der Waals surface area contributed by atoms with Crippen molar-refractivity contribution in [3.8, 4) is 0 Å². The minimum Gasteiger partial charge on any atom is -0.355 e. The van der Waals surface area contributed by atoms with Crippen LogP contribution in [0.1, 0.15) is 41.0 Å². The van der Waals surface area contributed by atoms with Gasteiger partial charge in [-0.3, -0.25) is 4.79 Å². The number of halogens is 1. The van der Waals surface area contributed by atoms with Gasteiger partial charge in [-0.25, -0.2) is 12.8 Å². The van der Waals surface area contributed by atoms with E-state index in [9.17, 15) is 17.6 Å². The van der Waals surface area contributed by atoms with E-state index in [1.807, 2.05) is 38.1 Å². The Morgan fingerprint density at radius 2 is 1.94 bits per heavy atom. The van der Waals surface area contributed by atoms with Crippen LogP contribution in [0.3, 0.4) is 0 Å². The zero-order valence-corrected chi connectivity index (χ0v) is 20.7. The summed E-state index contributed by atoms with van der Waals surface area (Å²) in [5.74, 6) is -1.41. The Hall–Kier alpha value is -3.30. The van der Waals surface area contributed by atoms with Gasteiger partial charge < -0.3 is 9.84 Å². The van der Waals surface area contributed by atoms with Crippen molar-refractivity contribution in [3.63, 3.8) is 0 Å². The summed E-state index contributed by atoms with van der Waals surface area (Å²) in [4.78, 5) is 12.8. The summed E-state index contributed by atoms with van der Waals surface area (Å²) in [5, 5.41) is 6.48. The van der Waals surface area contributed by atoms with Gasteiger partial charge in [0, 0.05) is 13.1 Å². The molecule has 1 aromatic heterocycles. The number of sulfonamides is 1. The molecule has 1 fully saturated rings. The van der Waals surface area contributed by atoms with Gasteiger partial charge in [-0.15, -0.1) is 0 Å². The van der Waals surface area contributed by atoms with E-state index in [1.165, 1.54) is 22.5 Å². The monoisotopic (exact) mass is 497 g/mol. The van der Waals surface area contributed by atoms with Crippen molar-refractivity contribution in [2.24, 2.45) is 5.92 Å². The smallest absolute Gasteiger partial charge is 0.248 e. The van der Waals surface area contributed by atoms with Gasteiger partial charge in [0.25, 0.3) is 0 Å². The minimum atomic E-state index is -3.98. The molecule has 0 unspecified atom stereocenters. The van der Waals surface area contributed by atoms with Crippen LogP contribution in [-0.2, 0) is 14.8 Å². The normalized spacial score (nSPS) is 17.1. The number of benzene rings is 2. The fourth-order valence-corrected chi connectivity index (χ4v) is 5.98. The largest absolute Gasteiger partial charge is 0.355 e. The number of anilines is 1. The Morgan fingerprint density at radius 1 is 1.17 bits per heavy atom. The van der Waals surface area contributed by atoms with Crippen molar-refractivity contribution in [1.82, 2.24) is 9.46 Å². The molecule has 0 bridgehead atoms. The van der Waals surface area contributed by atoms with Crippen LogP contribution in [0.25, 0.3) is 12.2 Å². The standard InChI is InChI=1S/C26H28FN3O4S/c1-17-10-11-18(2)20(15-17)12-13-24-25(19(3)29-34-24)35(32,33)30-14-6-7-21(16-30)26(31)28-23-9-5-4-8-22(23)27/h4-5,8-13,15,21H,6-7,14,16H2,1-3H3,(H,28,31)/b13-12+/t21-/m0/s1. The number of rotatable bonds is 6. The molecule has 4 rings (SSSR count). The van der Waals surface area contributed by atoms with E-state index in [2.05, 4.69) is 10.5 Å². The number of carbonyl (C=O) groups is 1. The van der Waals surface area contributed by atoms with Gasteiger partial charge >= 0.3 is 0 Å².